The zero-order chi connectivity index (χ0) is 11.5. The van der Waals surface area contributed by atoms with Crippen molar-refractivity contribution in [2.75, 3.05) is 0 Å². The fraction of sp³-hybridized carbons (Fsp3) is 0. The number of amides is 1. The molecule has 0 fully saturated rings. The Morgan fingerprint density at radius 1 is 1.25 bits per heavy atom. The lowest BCUT2D eigenvalue weighted by atomic mass is 10.1. The van der Waals surface area contributed by atoms with Crippen LogP contribution < -0.4 is 5.73 Å². The summed E-state index contributed by atoms with van der Waals surface area (Å²) in [6.07, 6.45) is 3.24. The molecular weight excluding hydrogens is 228 g/mol. The van der Waals surface area contributed by atoms with E-state index in [9.17, 15) is 4.79 Å². The van der Waals surface area contributed by atoms with Crippen LogP contribution in [0.2, 0.25) is 5.15 Å². The van der Waals surface area contributed by atoms with Gasteiger partial charge < -0.3 is 5.73 Å². The number of carbonyl (C=O) groups excluding carboxylic acids is 1. The lowest BCUT2D eigenvalue weighted by Gasteiger charge is -2.02. The first-order valence-electron chi connectivity index (χ1n) is 4.42. The molecule has 0 aliphatic carbocycles. The summed E-state index contributed by atoms with van der Waals surface area (Å²) in [6.45, 7) is 0. The lowest BCUT2D eigenvalue weighted by Crippen LogP contribution is -2.13. The smallest absolute Gasteiger partial charge is 0.251 e. The van der Waals surface area contributed by atoms with E-state index in [-0.39, 0.29) is 10.7 Å². The quantitative estimate of drug-likeness (QED) is 0.849. The Balaban J connectivity index is 2.52. The molecule has 0 atom stereocenters. The molecule has 2 rings (SSSR count). The third kappa shape index (κ3) is 1.99. The van der Waals surface area contributed by atoms with Crippen LogP contribution >= 0.6 is 11.6 Å². The van der Waals surface area contributed by atoms with Gasteiger partial charge in [0, 0.05) is 18.0 Å². The Bertz CT molecular complexity index is 530. The number of halogens is 1. The van der Waals surface area contributed by atoms with Crippen molar-refractivity contribution in [2.24, 2.45) is 5.73 Å². The Labute approximate surface area is 96.3 Å². The number of rotatable bonds is 2. The Kier molecular flexibility index (Phi) is 2.78. The molecule has 0 saturated carbocycles. The molecule has 6 heteroatoms. The van der Waals surface area contributed by atoms with E-state index in [2.05, 4.69) is 15.2 Å². The maximum atomic E-state index is 11.1. The van der Waals surface area contributed by atoms with E-state index >= 15 is 0 Å². The van der Waals surface area contributed by atoms with Gasteiger partial charge in [0.2, 0.25) is 0 Å². The van der Waals surface area contributed by atoms with Gasteiger partial charge >= 0.3 is 0 Å². The minimum absolute atomic E-state index is 0.00491. The molecular formula is C10H7ClN4O. The molecule has 2 aromatic heterocycles. The molecule has 2 N–H and O–H groups in total. The summed E-state index contributed by atoms with van der Waals surface area (Å²) in [5.41, 5.74) is 6.64. The predicted octanol–water partition coefficient (Wildman–Crippen LogP) is 1.29. The number of pyridine rings is 1. The molecule has 0 aliphatic rings. The van der Waals surface area contributed by atoms with Gasteiger partial charge in [-0.1, -0.05) is 11.6 Å². The summed E-state index contributed by atoms with van der Waals surface area (Å²) in [5, 5.41) is 7.55. The number of nitrogens with zero attached hydrogens (tertiary/aromatic N) is 3. The molecule has 1 amide bonds. The van der Waals surface area contributed by atoms with Crippen LogP contribution in [0.15, 0.2) is 30.6 Å². The van der Waals surface area contributed by atoms with E-state index in [1.165, 1.54) is 6.07 Å². The molecule has 0 bridgehead atoms. The molecule has 0 unspecified atom stereocenters. The first-order chi connectivity index (χ1) is 7.68. The second-order valence-corrected chi connectivity index (χ2v) is 3.39. The topological polar surface area (TPSA) is 81.8 Å². The van der Waals surface area contributed by atoms with Crippen LogP contribution in [0, 0.1) is 0 Å². The van der Waals surface area contributed by atoms with Crippen molar-refractivity contribution in [3.63, 3.8) is 0 Å². The summed E-state index contributed by atoms with van der Waals surface area (Å²) in [7, 11) is 0. The first kappa shape index (κ1) is 10.5. The summed E-state index contributed by atoms with van der Waals surface area (Å²) in [5.74, 6) is -0.629. The summed E-state index contributed by atoms with van der Waals surface area (Å²) in [4.78, 5) is 14.9. The number of hydrogen-bond acceptors (Lipinski definition) is 4. The van der Waals surface area contributed by atoms with Gasteiger partial charge in [-0.05, 0) is 18.2 Å². The van der Waals surface area contributed by atoms with Crippen LogP contribution in [0.1, 0.15) is 10.4 Å². The number of carbonyl (C=O) groups is 1. The standard InChI is InChI=1S/C10H7ClN4O/c11-9-7(10(12)16)5-8(14-15-9)6-1-3-13-4-2-6/h1-5H,(H2,12,16). The zero-order valence-corrected chi connectivity index (χ0v) is 8.85. The average molecular weight is 235 g/mol. The third-order valence-corrected chi connectivity index (χ3v) is 2.27. The highest BCUT2D eigenvalue weighted by atomic mass is 35.5. The van der Waals surface area contributed by atoms with Gasteiger partial charge in [-0.2, -0.15) is 0 Å². The largest absolute Gasteiger partial charge is 0.366 e. The fourth-order valence-corrected chi connectivity index (χ4v) is 1.40. The van der Waals surface area contributed by atoms with Crippen molar-refractivity contribution in [1.29, 1.82) is 0 Å². The van der Waals surface area contributed by atoms with E-state index in [0.29, 0.717) is 5.69 Å². The molecule has 80 valence electrons. The van der Waals surface area contributed by atoms with Crippen LogP contribution in [0.4, 0.5) is 0 Å². The maximum Gasteiger partial charge on any atom is 0.251 e. The Morgan fingerprint density at radius 2 is 1.94 bits per heavy atom. The summed E-state index contributed by atoms with van der Waals surface area (Å²) in [6, 6.07) is 5.01. The molecule has 2 aromatic rings. The molecule has 0 saturated heterocycles. The highest BCUT2D eigenvalue weighted by molar-refractivity contribution is 6.32. The van der Waals surface area contributed by atoms with Gasteiger partial charge in [0.15, 0.2) is 5.15 Å². The summed E-state index contributed by atoms with van der Waals surface area (Å²) >= 11 is 5.69. The van der Waals surface area contributed by atoms with Gasteiger partial charge in [0.25, 0.3) is 5.91 Å². The highest BCUT2D eigenvalue weighted by Crippen LogP contribution is 2.19. The molecule has 16 heavy (non-hydrogen) atoms. The number of hydrogen-bond donors (Lipinski definition) is 1. The third-order valence-electron chi connectivity index (χ3n) is 1.99. The van der Waals surface area contributed by atoms with Crippen molar-refractivity contribution < 1.29 is 4.79 Å². The molecule has 2 heterocycles. The van der Waals surface area contributed by atoms with Gasteiger partial charge in [0.05, 0.1) is 11.3 Å². The van der Waals surface area contributed by atoms with Crippen LogP contribution in [0.25, 0.3) is 11.3 Å². The van der Waals surface area contributed by atoms with Crippen LogP contribution in [0.5, 0.6) is 0 Å². The van der Waals surface area contributed by atoms with Gasteiger partial charge in [0.1, 0.15) is 0 Å². The number of nitrogens with two attached hydrogens (primary N) is 1. The van der Waals surface area contributed by atoms with Gasteiger partial charge in [-0.25, -0.2) is 0 Å². The minimum atomic E-state index is -0.629. The van der Waals surface area contributed by atoms with Gasteiger partial charge in [-0.15, -0.1) is 10.2 Å². The zero-order valence-electron chi connectivity index (χ0n) is 8.09. The number of primary amides is 1. The van der Waals surface area contributed by atoms with Crippen molar-refractivity contribution in [2.45, 2.75) is 0 Å². The Hall–Kier alpha value is -2.01. The molecule has 0 aliphatic heterocycles. The highest BCUT2D eigenvalue weighted by Gasteiger charge is 2.11. The second kappa shape index (κ2) is 4.24. The van der Waals surface area contributed by atoms with Crippen molar-refractivity contribution in [3.8, 4) is 11.3 Å². The predicted molar refractivity (Wildman–Crippen MR) is 58.8 cm³/mol. The molecule has 0 aromatic carbocycles. The van der Waals surface area contributed by atoms with Crippen LogP contribution in [-0.4, -0.2) is 21.1 Å². The van der Waals surface area contributed by atoms with E-state index in [1.54, 1.807) is 24.5 Å². The normalized spacial score (nSPS) is 10.1. The van der Waals surface area contributed by atoms with Crippen LogP contribution in [-0.2, 0) is 0 Å². The fourth-order valence-electron chi connectivity index (χ4n) is 1.21. The first-order valence-corrected chi connectivity index (χ1v) is 4.79. The molecule has 0 spiro atoms. The van der Waals surface area contributed by atoms with E-state index in [0.717, 1.165) is 5.56 Å². The van der Waals surface area contributed by atoms with Crippen molar-refractivity contribution in [1.82, 2.24) is 15.2 Å². The monoisotopic (exact) mass is 234 g/mol. The Morgan fingerprint density at radius 3 is 2.56 bits per heavy atom. The minimum Gasteiger partial charge on any atom is -0.366 e. The SMILES string of the molecule is NC(=O)c1cc(-c2ccncc2)nnc1Cl. The molecule has 5 nitrogen and oxygen atoms in total. The lowest BCUT2D eigenvalue weighted by molar-refractivity contribution is 0.1000. The van der Waals surface area contributed by atoms with Gasteiger partial charge in [-0.3, -0.25) is 9.78 Å². The molecule has 0 radical (unpaired) electrons. The number of aromatic nitrogens is 3. The van der Waals surface area contributed by atoms with Crippen molar-refractivity contribution in [3.05, 3.63) is 41.3 Å². The maximum absolute atomic E-state index is 11.1. The van der Waals surface area contributed by atoms with E-state index < -0.39 is 5.91 Å². The van der Waals surface area contributed by atoms with Crippen LogP contribution in [0.3, 0.4) is 0 Å². The second-order valence-electron chi connectivity index (χ2n) is 3.03. The average Bonchev–Trinajstić information content (AvgIpc) is 2.30. The van der Waals surface area contributed by atoms with E-state index in [4.69, 9.17) is 17.3 Å². The van der Waals surface area contributed by atoms with Crippen molar-refractivity contribution >= 4 is 17.5 Å². The van der Waals surface area contributed by atoms with E-state index in [1.807, 2.05) is 0 Å². The summed E-state index contributed by atoms with van der Waals surface area (Å²) < 4.78 is 0.